The predicted octanol–water partition coefficient (Wildman–Crippen LogP) is 4.38. The van der Waals surface area contributed by atoms with Gasteiger partial charge in [-0.25, -0.2) is 4.99 Å². The number of thioether (sulfide) groups is 1. The molecule has 0 spiro atoms. The van der Waals surface area contributed by atoms with Gasteiger partial charge >= 0.3 is 0 Å². The maximum Gasteiger partial charge on any atom is 0.185 e. The molecule has 2 heterocycles. The number of aliphatic imine (C=N–C) groups is 2. The highest BCUT2D eigenvalue weighted by atomic mass is 32.2. The van der Waals surface area contributed by atoms with Crippen LogP contribution in [0.2, 0.25) is 0 Å². The van der Waals surface area contributed by atoms with Gasteiger partial charge in [-0.1, -0.05) is 13.8 Å². The van der Waals surface area contributed by atoms with Crippen LogP contribution in [0, 0.1) is 5.92 Å². The molecule has 2 aliphatic rings. The number of hydrogen-bond acceptors (Lipinski definition) is 6. The van der Waals surface area contributed by atoms with Crippen LogP contribution in [0.15, 0.2) is 54.7 Å². The number of rotatable bonds is 8. The summed E-state index contributed by atoms with van der Waals surface area (Å²) in [5, 5.41) is 3.37. The maximum absolute atomic E-state index is 9.77. The minimum atomic E-state index is 0.375. The summed E-state index contributed by atoms with van der Waals surface area (Å²) in [6.45, 7) is 10.9. The molecule has 0 saturated carbocycles. The number of likely N-dealkylation sites (N-methyl/N-ethyl adjacent to an activating group) is 2. The van der Waals surface area contributed by atoms with E-state index in [0.717, 1.165) is 37.1 Å². The molecular weight excluding hydrogens is 384 g/mol. The maximum atomic E-state index is 9.77. The van der Waals surface area contributed by atoms with Crippen LogP contribution in [0.5, 0.6) is 0 Å². The largest absolute Gasteiger partial charge is 0.462 e. The lowest BCUT2D eigenvalue weighted by Crippen LogP contribution is -2.29. The minimum absolute atomic E-state index is 0.375. The van der Waals surface area contributed by atoms with Crippen molar-refractivity contribution in [3.63, 3.8) is 0 Å². The summed E-state index contributed by atoms with van der Waals surface area (Å²) in [6.07, 6.45) is 7.45. The molecule has 1 N–H and O–H groups in total. The molecule has 1 atom stereocenters. The highest BCUT2D eigenvalue weighted by molar-refractivity contribution is 8.03. The average molecular weight is 417 g/mol. The zero-order valence-corrected chi connectivity index (χ0v) is 18.5. The Balaban J connectivity index is 0.000000360. The van der Waals surface area contributed by atoms with Gasteiger partial charge in [-0.3, -0.25) is 9.79 Å². The summed E-state index contributed by atoms with van der Waals surface area (Å²) in [4.78, 5) is 22.0. The first-order chi connectivity index (χ1) is 14.1. The summed E-state index contributed by atoms with van der Waals surface area (Å²) in [5.41, 5.74) is 2.96. The van der Waals surface area contributed by atoms with Gasteiger partial charge in [-0.05, 0) is 61.1 Å². The second-order valence-corrected chi connectivity index (χ2v) is 8.25. The third-order valence-corrected chi connectivity index (χ3v) is 6.17. The molecule has 1 aromatic rings. The molecule has 6 nitrogen and oxygen atoms in total. The molecule has 0 radical (unpaired) electrons. The molecule has 1 aromatic heterocycles. The molecule has 0 saturated heterocycles. The molecule has 0 amide bonds. The Morgan fingerprint density at radius 2 is 2.34 bits per heavy atom. The van der Waals surface area contributed by atoms with Crippen molar-refractivity contribution < 1.29 is 9.21 Å². The monoisotopic (exact) mass is 416 g/mol. The average Bonchev–Trinajstić information content (AvgIpc) is 3.39. The van der Waals surface area contributed by atoms with Gasteiger partial charge in [0.25, 0.3) is 0 Å². The number of aldehydes is 1. The SMILES string of the molecule is C=N/C=N\C(=C1/CSC2=C1CC(C)CC2)N(C)CCNCC.O=Cc1ccco1. The third-order valence-electron chi connectivity index (χ3n) is 4.93. The van der Waals surface area contributed by atoms with E-state index in [1.807, 2.05) is 11.8 Å². The lowest BCUT2D eigenvalue weighted by Gasteiger charge is -2.25. The summed E-state index contributed by atoms with van der Waals surface area (Å²) >= 11 is 2.00. The van der Waals surface area contributed by atoms with Crippen LogP contribution in [0.25, 0.3) is 0 Å². The number of carbonyl (C=O) groups excluding carboxylic acids is 1. The van der Waals surface area contributed by atoms with Crippen LogP contribution in [0.4, 0.5) is 0 Å². The van der Waals surface area contributed by atoms with Crippen molar-refractivity contribution in [3.05, 3.63) is 46.0 Å². The Kier molecular flexibility index (Phi) is 9.94. The number of allylic oxidation sites excluding steroid dienone is 2. The lowest BCUT2D eigenvalue weighted by atomic mass is 9.87. The van der Waals surface area contributed by atoms with Crippen LogP contribution in [-0.4, -0.2) is 56.7 Å². The molecule has 0 bridgehead atoms. The number of hydrogen-bond donors (Lipinski definition) is 1. The van der Waals surface area contributed by atoms with Gasteiger partial charge in [0.05, 0.1) is 6.26 Å². The van der Waals surface area contributed by atoms with Crippen molar-refractivity contribution >= 4 is 31.1 Å². The fourth-order valence-electron chi connectivity index (χ4n) is 3.38. The normalized spacial score (nSPS) is 20.2. The molecule has 29 heavy (non-hydrogen) atoms. The molecule has 0 fully saturated rings. The van der Waals surface area contributed by atoms with Gasteiger partial charge in [-0.15, -0.1) is 11.8 Å². The van der Waals surface area contributed by atoms with Gasteiger partial charge in [0.1, 0.15) is 12.2 Å². The van der Waals surface area contributed by atoms with E-state index >= 15 is 0 Å². The van der Waals surface area contributed by atoms with E-state index in [4.69, 9.17) is 0 Å². The van der Waals surface area contributed by atoms with E-state index in [0.29, 0.717) is 12.0 Å². The highest BCUT2D eigenvalue weighted by Gasteiger charge is 2.29. The van der Waals surface area contributed by atoms with Crippen LogP contribution in [-0.2, 0) is 0 Å². The second kappa shape index (κ2) is 12.4. The molecule has 1 aliphatic heterocycles. The molecule has 1 unspecified atom stereocenters. The summed E-state index contributed by atoms with van der Waals surface area (Å²) in [5.74, 6) is 3.27. The summed E-state index contributed by atoms with van der Waals surface area (Å²) < 4.78 is 4.61. The molecular formula is C22H32N4O2S. The van der Waals surface area contributed by atoms with Gasteiger partial charge in [0.15, 0.2) is 12.0 Å². The van der Waals surface area contributed by atoms with Gasteiger partial charge in [0.2, 0.25) is 0 Å². The molecule has 158 valence electrons. The summed E-state index contributed by atoms with van der Waals surface area (Å²) in [7, 11) is 2.12. The Hall–Kier alpha value is -2.12. The number of nitrogens with zero attached hydrogens (tertiary/aromatic N) is 3. The Labute approximate surface area is 178 Å². The zero-order valence-electron chi connectivity index (χ0n) is 17.7. The van der Waals surface area contributed by atoms with E-state index in [1.165, 1.54) is 31.1 Å². The van der Waals surface area contributed by atoms with Gasteiger partial charge < -0.3 is 14.6 Å². The van der Waals surface area contributed by atoms with Crippen molar-refractivity contribution in [1.29, 1.82) is 0 Å². The molecule has 3 rings (SSSR count). The van der Waals surface area contributed by atoms with E-state index in [1.54, 1.807) is 28.9 Å². The second-order valence-electron chi connectivity index (χ2n) is 7.18. The van der Waals surface area contributed by atoms with Crippen molar-refractivity contribution in [1.82, 2.24) is 10.2 Å². The van der Waals surface area contributed by atoms with Crippen molar-refractivity contribution in [2.24, 2.45) is 15.9 Å². The third kappa shape index (κ3) is 7.01. The minimum Gasteiger partial charge on any atom is -0.462 e. The Bertz CT molecular complexity index is 753. The Morgan fingerprint density at radius 3 is 2.97 bits per heavy atom. The number of carbonyl (C=O) groups is 1. The van der Waals surface area contributed by atoms with Crippen molar-refractivity contribution in [2.75, 3.05) is 32.4 Å². The number of furan rings is 1. The summed E-state index contributed by atoms with van der Waals surface area (Å²) in [6, 6.07) is 3.27. The van der Waals surface area contributed by atoms with Crippen molar-refractivity contribution in [2.45, 2.75) is 33.1 Å². The number of nitrogens with one attached hydrogen (secondary N) is 1. The zero-order chi connectivity index (χ0) is 21.1. The predicted molar refractivity (Wildman–Crippen MR) is 123 cm³/mol. The van der Waals surface area contributed by atoms with Crippen LogP contribution in [0.1, 0.15) is 43.7 Å². The van der Waals surface area contributed by atoms with E-state index < -0.39 is 0 Å². The highest BCUT2D eigenvalue weighted by Crippen LogP contribution is 2.46. The van der Waals surface area contributed by atoms with Gasteiger partial charge in [0, 0.05) is 31.5 Å². The Morgan fingerprint density at radius 1 is 1.52 bits per heavy atom. The molecule has 7 heteroatoms. The topological polar surface area (TPSA) is 70.2 Å². The smallest absolute Gasteiger partial charge is 0.185 e. The standard InChI is InChI=1S/C17H28N4S.C5H4O2/c1-5-19-8-9-21(4)17(20-12-18-3)15-11-22-16-7-6-13(2)10-14(15)16;6-4-5-2-1-3-7-5/h12-13,19H,3,5-11H2,1-2,4H3;1-4H/b17-15-,20-12-;. The molecule has 1 aliphatic carbocycles. The van der Waals surface area contributed by atoms with E-state index in [-0.39, 0.29) is 0 Å². The van der Waals surface area contributed by atoms with Crippen LogP contribution < -0.4 is 5.32 Å². The fourth-order valence-corrected chi connectivity index (χ4v) is 4.64. The van der Waals surface area contributed by atoms with Gasteiger partial charge in [-0.2, -0.15) is 0 Å². The first-order valence-electron chi connectivity index (χ1n) is 10.1. The van der Waals surface area contributed by atoms with E-state index in [2.05, 4.69) is 52.2 Å². The molecule has 0 aromatic carbocycles. The van der Waals surface area contributed by atoms with E-state index in [9.17, 15) is 4.79 Å². The fraction of sp³-hybridized carbons (Fsp3) is 0.500. The first-order valence-corrected chi connectivity index (χ1v) is 11.1. The quantitative estimate of drug-likeness (QED) is 0.295. The first kappa shape index (κ1) is 23.2. The van der Waals surface area contributed by atoms with Crippen LogP contribution in [0.3, 0.4) is 0 Å². The van der Waals surface area contributed by atoms with Crippen LogP contribution >= 0.6 is 11.8 Å². The lowest BCUT2D eigenvalue weighted by molar-refractivity contribution is 0.110. The van der Waals surface area contributed by atoms with Crippen molar-refractivity contribution in [3.8, 4) is 0 Å².